The molecule has 6 nitrogen and oxygen atoms in total. The van der Waals surface area contributed by atoms with E-state index in [2.05, 4.69) is 154 Å². The van der Waals surface area contributed by atoms with Gasteiger partial charge in [0.2, 0.25) is 0 Å². The third kappa shape index (κ3) is 7.47. The SMILES string of the molecule is CC(C)(C)c1cc(-c2c3nc(c(C(=O)O)c4ccc([nH]4)c(-c4cc(C(C)(C)C)cc(C(C)(C)C)c4)c4nc(cc5ccc2[nH]5)C=C4)C=C3)cc(C(C)(C)C)c1. The van der Waals surface area contributed by atoms with Crippen molar-refractivity contribution in [2.24, 2.45) is 0 Å². The van der Waals surface area contributed by atoms with E-state index in [1.807, 2.05) is 30.4 Å². The fraction of sp³-hybridized carbons (Fsp3) is 0.327. The van der Waals surface area contributed by atoms with Crippen molar-refractivity contribution in [3.8, 4) is 22.3 Å². The van der Waals surface area contributed by atoms with Crippen molar-refractivity contribution in [3.63, 3.8) is 0 Å². The van der Waals surface area contributed by atoms with Crippen LogP contribution in [0.3, 0.4) is 0 Å². The Balaban J connectivity index is 1.61. The van der Waals surface area contributed by atoms with Crippen LogP contribution in [0, 0.1) is 0 Å². The molecule has 3 N–H and O–H groups in total. The number of H-pyrrole nitrogens is 2. The minimum Gasteiger partial charge on any atom is -0.478 e. The van der Waals surface area contributed by atoms with Crippen molar-refractivity contribution >= 4 is 52.3 Å². The van der Waals surface area contributed by atoms with E-state index in [-0.39, 0.29) is 27.2 Å². The number of carbonyl (C=O) groups is 1. The summed E-state index contributed by atoms with van der Waals surface area (Å²) >= 11 is 0. The molecular formula is C49H54N4O2. The smallest absolute Gasteiger partial charge is 0.340 e. The van der Waals surface area contributed by atoms with E-state index in [1.165, 1.54) is 22.3 Å². The van der Waals surface area contributed by atoms with Crippen LogP contribution in [0.5, 0.6) is 0 Å². The highest BCUT2D eigenvalue weighted by molar-refractivity contribution is 6.02. The molecule has 0 atom stereocenters. The van der Waals surface area contributed by atoms with Gasteiger partial charge >= 0.3 is 5.97 Å². The molecule has 7 rings (SSSR count). The third-order valence-electron chi connectivity index (χ3n) is 10.7. The molecule has 8 bridgehead atoms. The summed E-state index contributed by atoms with van der Waals surface area (Å²) in [5, 5.41) is 10.8. The van der Waals surface area contributed by atoms with E-state index in [4.69, 9.17) is 9.97 Å². The van der Waals surface area contributed by atoms with Crippen LogP contribution in [-0.2, 0) is 21.7 Å². The zero-order chi connectivity index (χ0) is 39.8. The summed E-state index contributed by atoms with van der Waals surface area (Å²) in [5.74, 6) is -1.05. The number of benzene rings is 2. The van der Waals surface area contributed by atoms with Gasteiger partial charge < -0.3 is 15.1 Å². The lowest BCUT2D eigenvalue weighted by Crippen LogP contribution is -2.16. The number of fused-ring (bicyclic) bond motifs is 8. The van der Waals surface area contributed by atoms with Crippen LogP contribution in [0.25, 0.3) is 68.6 Å². The van der Waals surface area contributed by atoms with Crippen molar-refractivity contribution in [3.05, 3.63) is 117 Å². The monoisotopic (exact) mass is 730 g/mol. The zero-order valence-electron chi connectivity index (χ0n) is 34.4. The van der Waals surface area contributed by atoms with Gasteiger partial charge in [-0.15, -0.1) is 0 Å². The summed E-state index contributed by atoms with van der Waals surface area (Å²) < 4.78 is 0. The molecule has 0 fully saturated rings. The lowest BCUT2D eigenvalue weighted by molar-refractivity contribution is 0.0698. The van der Waals surface area contributed by atoms with Gasteiger partial charge in [-0.2, -0.15) is 0 Å². The van der Waals surface area contributed by atoms with Gasteiger partial charge in [-0.1, -0.05) is 119 Å². The number of aromatic carboxylic acids is 1. The van der Waals surface area contributed by atoms with E-state index in [0.717, 1.165) is 50.2 Å². The number of carboxylic acids is 1. The minimum atomic E-state index is -1.05. The first-order chi connectivity index (χ1) is 25.6. The molecule has 0 radical (unpaired) electrons. The topological polar surface area (TPSA) is 94.7 Å². The van der Waals surface area contributed by atoms with Crippen molar-refractivity contribution in [2.75, 3.05) is 0 Å². The maximum atomic E-state index is 13.2. The van der Waals surface area contributed by atoms with E-state index in [1.54, 1.807) is 0 Å². The third-order valence-corrected chi connectivity index (χ3v) is 10.7. The number of hydrogen-bond acceptors (Lipinski definition) is 3. The number of carboxylic acid groups (broad SMARTS) is 1. The van der Waals surface area contributed by atoms with Gasteiger partial charge in [0.15, 0.2) is 0 Å². The number of aromatic nitrogens is 4. The summed E-state index contributed by atoms with van der Waals surface area (Å²) in [5.41, 5.74) is 14.3. The maximum Gasteiger partial charge on any atom is 0.340 e. The van der Waals surface area contributed by atoms with Crippen molar-refractivity contribution < 1.29 is 9.90 Å². The second-order valence-electron chi connectivity index (χ2n) is 19.3. The quantitative estimate of drug-likeness (QED) is 0.169. The van der Waals surface area contributed by atoms with E-state index < -0.39 is 5.97 Å². The number of hydrogen-bond donors (Lipinski definition) is 3. The van der Waals surface area contributed by atoms with Crippen molar-refractivity contribution in [1.29, 1.82) is 0 Å². The molecular weight excluding hydrogens is 677 g/mol. The molecule has 0 saturated carbocycles. The molecule has 3 aromatic heterocycles. The molecule has 55 heavy (non-hydrogen) atoms. The molecule has 0 amide bonds. The number of nitrogens with zero attached hydrogens (tertiary/aromatic N) is 2. The number of nitrogens with one attached hydrogen (secondary N) is 2. The molecule has 282 valence electrons. The number of aromatic amines is 2. The summed E-state index contributed by atoms with van der Waals surface area (Å²) in [6, 6.07) is 23.7. The lowest BCUT2D eigenvalue weighted by Gasteiger charge is -2.26. The molecule has 2 aliphatic rings. The Morgan fingerprint density at radius 2 is 0.909 bits per heavy atom. The lowest BCUT2D eigenvalue weighted by atomic mass is 9.78. The Labute approximate surface area is 325 Å². The number of rotatable bonds is 3. The van der Waals surface area contributed by atoms with Crippen LogP contribution in [0.2, 0.25) is 0 Å². The molecule has 0 saturated heterocycles. The van der Waals surface area contributed by atoms with E-state index in [9.17, 15) is 9.90 Å². The minimum absolute atomic E-state index is 0.0941. The standard InChI is InChI=1S/C49H54N4O2/c1-46(2,3)30-21-28(22-31(25-30)47(4,5)6)42-36-15-13-34(50-36)27-35-14-16-37(51-35)43(29-23-32(48(7,8)9)26-33(24-29)49(10,11)12)39-18-20-41(53-39)44(45(54)55)40-19-17-38(42)52-40/h13-27,50,53H,1-12H3,(H,54,55). The van der Waals surface area contributed by atoms with Gasteiger partial charge in [0.05, 0.1) is 28.3 Å². The molecule has 0 aliphatic carbocycles. The second-order valence-corrected chi connectivity index (χ2v) is 19.3. The average molecular weight is 731 g/mol. The average Bonchev–Trinajstić information content (AvgIpc) is 3.90. The van der Waals surface area contributed by atoms with Gasteiger partial charge in [0.25, 0.3) is 0 Å². The first kappa shape index (κ1) is 37.8. The molecule has 6 heteroatoms. The Kier molecular flexibility index (Phi) is 8.99. The normalized spacial score (nSPS) is 13.5. The molecule has 0 spiro atoms. The summed E-state index contributed by atoms with van der Waals surface area (Å²) in [6.45, 7) is 26.8. The highest BCUT2D eigenvalue weighted by Gasteiger charge is 2.25. The highest BCUT2D eigenvalue weighted by atomic mass is 16.4. The zero-order valence-corrected chi connectivity index (χ0v) is 34.4. The Bertz CT molecular complexity index is 2460. The summed E-state index contributed by atoms with van der Waals surface area (Å²) in [6.07, 6.45) is 7.86. The highest BCUT2D eigenvalue weighted by Crippen LogP contribution is 2.40. The van der Waals surface area contributed by atoms with Gasteiger partial charge in [-0.3, -0.25) is 0 Å². The Morgan fingerprint density at radius 3 is 1.40 bits per heavy atom. The molecule has 2 aromatic carbocycles. The van der Waals surface area contributed by atoms with Gasteiger partial charge in [0.1, 0.15) is 5.56 Å². The molecule has 0 unspecified atom stereocenters. The van der Waals surface area contributed by atoms with Crippen LogP contribution in [-0.4, -0.2) is 31.0 Å². The largest absolute Gasteiger partial charge is 0.478 e. The summed E-state index contributed by atoms with van der Waals surface area (Å²) in [7, 11) is 0. The van der Waals surface area contributed by atoms with Gasteiger partial charge in [-0.05, 0) is 110 Å². The first-order valence-electron chi connectivity index (χ1n) is 19.3. The maximum absolute atomic E-state index is 13.2. The van der Waals surface area contributed by atoms with Crippen molar-refractivity contribution in [2.45, 2.75) is 105 Å². The van der Waals surface area contributed by atoms with Crippen LogP contribution in [0.4, 0.5) is 0 Å². The Hall–Kier alpha value is -5.49. The van der Waals surface area contributed by atoms with E-state index >= 15 is 0 Å². The van der Waals surface area contributed by atoms with Crippen LogP contribution in [0.15, 0.2) is 66.7 Å². The fourth-order valence-electron chi connectivity index (χ4n) is 7.25. The van der Waals surface area contributed by atoms with Gasteiger partial charge in [0, 0.05) is 27.7 Å². The van der Waals surface area contributed by atoms with Crippen molar-refractivity contribution in [1.82, 2.24) is 19.9 Å². The predicted molar refractivity (Wildman–Crippen MR) is 231 cm³/mol. The molecule has 5 aromatic rings. The Morgan fingerprint density at radius 1 is 0.491 bits per heavy atom. The summed E-state index contributed by atoms with van der Waals surface area (Å²) in [4.78, 5) is 30.7. The second kappa shape index (κ2) is 13.1. The fourth-order valence-corrected chi connectivity index (χ4v) is 7.25. The molecule has 2 aliphatic heterocycles. The van der Waals surface area contributed by atoms with Crippen LogP contribution < -0.4 is 0 Å². The van der Waals surface area contributed by atoms with Gasteiger partial charge in [-0.25, -0.2) is 14.8 Å². The molecule has 5 heterocycles. The van der Waals surface area contributed by atoms with Crippen LogP contribution >= 0.6 is 0 Å². The van der Waals surface area contributed by atoms with Crippen LogP contribution in [0.1, 0.15) is 138 Å². The first-order valence-corrected chi connectivity index (χ1v) is 19.3. The predicted octanol–water partition coefficient (Wildman–Crippen LogP) is 12.9. The van der Waals surface area contributed by atoms with E-state index in [0.29, 0.717) is 16.9 Å².